The highest BCUT2D eigenvalue weighted by molar-refractivity contribution is 8.00. The number of hydrogen-bond acceptors (Lipinski definition) is 3. The summed E-state index contributed by atoms with van der Waals surface area (Å²) in [5.41, 5.74) is 0.994. The molecule has 1 rings (SSSR count). The van der Waals surface area contributed by atoms with Gasteiger partial charge in [-0.1, -0.05) is 25.5 Å². The van der Waals surface area contributed by atoms with Gasteiger partial charge in [-0.3, -0.25) is 4.79 Å². The van der Waals surface area contributed by atoms with Crippen molar-refractivity contribution in [2.24, 2.45) is 0 Å². The third-order valence-corrected chi connectivity index (χ3v) is 3.52. The first kappa shape index (κ1) is 12.9. The normalized spacial score (nSPS) is 12.3. The molecule has 1 unspecified atom stereocenters. The molecule has 0 saturated carbocycles. The molecule has 0 aliphatic rings. The van der Waals surface area contributed by atoms with Gasteiger partial charge in [0.2, 0.25) is 0 Å². The first-order chi connectivity index (χ1) is 7.63. The number of thioether (sulfide) groups is 1. The molecule has 0 saturated heterocycles. The van der Waals surface area contributed by atoms with Crippen molar-refractivity contribution < 1.29 is 15.0 Å². The van der Waals surface area contributed by atoms with Gasteiger partial charge in [0, 0.05) is 5.25 Å². The van der Waals surface area contributed by atoms with Gasteiger partial charge in [0.05, 0.1) is 5.75 Å². The number of aromatic hydroxyl groups is 1. The Morgan fingerprint density at radius 3 is 2.81 bits per heavy atom. The monoisotopic (exact) mass is 240 g/mol. The van der Waals surface area contributed by atoms with Crippen molar-refractivity contribution in [3.05, 3.63) is 29.8 Å². The van der Waals surface area contributed by atoms with Gasteiger partial charge >= 0.3 is 5.97 Å². The Bertz CT molecular complexity index is 352. The Morgan fingerprint density at radius 1 is 1.50 bits per heavy atom. The van der Waals surface area contributed by atoms with Crippen LogP contribution in [0, 0.1) is 0 Å². The predicted octanol–water partition coefficient (Wildman–Crippen LogP) is 3.05. The van der Waals surface area contributed by atoms with Crippen LogP contribution in [0.4, 0.5) is 0 Å². The van der Waals surface area contributed by atoms with Crippen molar-refractivity contribution in [3.63, 3.8) is 0 Å². The highest BCUT2D eigenvalue weighted by Crippen LogP contribution is 2.34. The molecule has 0 aliphatic heterocycles. The zero-order valence-corrected chi connectivity index (χ0v) is 10.0. The Morgan fingerprint density at radius 2 is 2.25 bits per heavy atom. The molecule has 0 amide bonds. The number of hydrogen-bond donors (Lipinski definition) is 2. The molecule has 0 spiro atoms. The van der Waals surface area contributed by atoms with E-state index < -0.39 is 5.97 Å². The van der Waals surface area contributed by atoms with Crippen LogP contribution in [0.15, 0.2) is 24.3 Å². The van der Waals surface area contributed by atoms with Gasteiger partial charge < -0.3 is 10.2 Å². The highest BCUT2D eigenvalue weighted by atomic mass is 32.2. The molecule has 0 radical (unpaired) electrons. The van der Waals surface area contributed by atoms with Crippen LogP contribution in [-0.4, -0.2) is 21.9 Å². The van der Waals surface area contributed by atoms with E-state index in [0.717, 1.165) is 18.4 Å². The maximum atomic E-state index is 10.5. The average Bonchev–Trinajstić information content (AvgIpc) is 2.24. The minimum absolute atomic E-state index is 0.0975. The highest BCUT2D eigenvalue weighted by Gasteiger charge is 2.13. The lowest BCUT2D eigenvalue weighted by Gasteiger charge is -2.15. The summed E-state index contributed by atoms with van der Waals surface area (Å²) < 4.78 is 0. The number of phenolic OH excluding ortho intramolecular Hbond substituents is 1. The van der Waals surface area contributed by atoms with E-state index in [1.807, 2.05) is 6.07 Å². The summed E-state index contributed by atoms with van der Waals surface area (Å²) in [6.45, 7) is 2.07. The lowest BCUT2D eigenvalue weighted by Crippen LogP contribution is -2.02. The quantitative estimate of drug-likeness (QED) is 0.802. The Hall–Kier alpha value is -1.16. The fourth-order valence-electron chi connectivity index (χ4n) is 1.51. The number of aliphatic carboxylic acids is 1. The van der Waals surface area contributed by atoms with E-state index in [1.54, 1.807) is 18.2 Å². The summed E-state index contributed by atoms with van der Waals surface area (Å²) in [7, 11) is 0. The van der Waals surface area contributed by atoms with E-state index in [2.05, 4.69) is 6.92 Å². The van der Waals surface area contributed by atoms with Gasteiger partial charge in [-0.15, -0.1) is 11.8 Å². The standard InChI is InChI=1S/C12H16O3S/c1-2-4-11(16-8-12(14)15)9-5-3-6-10(13)7-9/h3,5-7,11,13H,2,4,8H2,1H3,(H,14,15). The van der Waals surface area contributed by atoms with Crippen molar-refractivity contribution in [1.29, 1.82) is 0 Å². The smallest absolute Gasteiger partial charge is 0.313 e. The second kappa shape index (κ2) is 6.43. The summed E-state index contributed by atoms with van der Waals surface area (Å²) in [6, 6.07) is 7.03. The molecule has 0 aliphatic carbocycles. The van der Waals surface area contributed by atoms with E-state index >= 15 is 0 Å². The zero-order chi connectivity index (χ0) is 12.0. The second-order valence-electron chi connectivity index (χ2n) is 3.58. The van der Waals surface area contributed by atoms with Crippen molar-refractivity contribution >= 4 is 17.7 Å². The van der Waals surface area contributed by atoms with Crippen LogP contribution in [-0.2, 0) is 4.79 Å². The van der Waals surface area contributed by atoms with E-state index in [0.29, 0.717) is 0 Å². The van der Waals surface area contributed by atoms with Crippen LogP contribution in [0.2, 0.25) is 0 Å². The molecule has 16 heavy (non-hydrogen) atoms. The summed E-state index contributed by atoms with van der Waals surface area (Å²) in [5.74, 6) is -0.471. The molecule has 0 bridgehead atoms. The molecule has 4 heteroatoms. The molecule has 88 valence electrons. The fourth-order valence-corrected chi connectivity index (χ4v) is 2.59. The molecule has 1 aromatic carbocycles. The number of phenols is 1. The Balaban J connectivity index is 2.72. The SMILES string of the molecule is CCCC(SCC(=O)O)c1cccc(O)c1. The molecule has 0 heterocycles. The minimum atomic E-state index is -0.800. The van der Waals surface area contributed by atoms with Crippen molar-refractivity contribution in [3.8, 4) is 5.75 Å². The van der Waals surface area contributed by atoms with E-state index in [9.17, 15) is 9.90 Å². The topological polar surface area (TPSA) is 57.5 Å². The van der Waals surface area contributed by atoms with Gasteiger partial charge in [0.15, 0.2) is 0 Å². The van der Waals surface area contributed by atoms with Gasteiger partial charge in [0.25, 0.3) is 0 Å². The maximum absolute atomic E-state index is 10.5. The van der Waals surface area contributed by atoms with Gasteiger partial charge in [-0.25, -0.2) is 0 Å². The van der Waals surface area contributed by atoms with E-state index in [1.165, 1.54) is 11.8 Å². The average molecular weight is 240 g/mol. The Labute approximate surface area is 99.5 Å². The lowest BCUT2D eigenvalue weighted by molar-refractivity contribution is -0.133. The summed E-state index contributed by atoms with van der Waals surface area (Å²) >= 11 is 1.41. The Kier molecular flexibility index (Phi) is 5.19. The summed E-state index contributed by atoms with van der Waals surface area (Å²) in [5, 5.41) is 18.2. The fraction of sp³-hybridized carbons (Fsp3) is 0.417. The van der Waals surface area contributed by atoms with Crippen molar-refractivity contribution in [1.82, 2.24) is 0 Å². The second-order valence-corrected chi connectivity index (χ2v) is 4.77. The predicted molar refractivity (Wildman–Crippen MR) is 65.8 cm³/mol. The largest absolute Gasteiger partial charge is 0.508 e. The summed E-state index contributed by atoms with van der Waals surface area (Å²) in [4.78, 5) is 10.5. The molecule has 1 aromatic rings. The molecule has 0 fully saturated rings. The number of carboxylic acids is 1. The molecule has 0 aromatic heterocycles. The van der Waals surface area contributed by atoms with Gasteiger partial charge in [-0.05, 0) is 24.1 Å². The third kappa shape index (κ3) is 4.14. The molecular weight excluding hydrogens is 224 g/mol. The first-order valence-corrected chi connectivity index (χ1v) is 6.30. The van der Waals surface area contributed by atoms with Crippen LogP contribution >= 0.6 is 11.8 Å². The first-order valence-electron chi connectivity index (χ1n) is 5.25. The number of rotatable bonds is 6. The van der Waals surface area contributed by atoms with E-state index in [-0.39, 0.29) is 16.8 Å². The lowest BCUT2D eigenvalue weighted by atomic mass is 10.1. The van der Waals surface area contributed by atoms with Crippen molar-refractivity contribution in [2.75, 3.05) is 5.75 Å². The van der Waals surface area contributed by atoms with Crippen LogP contribution in [0.5, 0.6) is 5.75 Å². The molecule has 3 nitrogen and oxygen atoms in total. The van der Waals surface area contributed by atoms with E-state index in [4.69, 9.17) is 5.11 Å². The van der Waals surface area contributed by atoms with Crippen molar-refractivity contribution in [2.45, 2.75) is 25.0 Å². The number of carboxylic acid groups (broad SMARTS) is 1. The van der Waals surface area contributed by atoms with Crippen LogP contribution < -0.4 is 0 Å². The maximum Gasteiger partial charge on any atom is 0.313 e. The van der Waals surface area contributed by atoms with Gasteiger partial charge in [-0.2, -0.15) is 0 Å². The van der Waals surface area contributed by atoms with Crippen LogP contribution in [0.3, 0.4) is 0 Å². The number of benzene rings is 1. The summed E-state index contributed by atoms with van der Waals surface area (Å²) in [6.07, 6.45) is 1.91. The molecular formula is C12H16O3S. The van der Waals surface area contributed by atoms with Crippen LogP contribution in [0.1, 0.15) is 30.6 Å². The zero-order valence-electron chi connectivity index (χ0n) is 9.22. The third-order valence-electron chi connectivity index (χ3n) is 2.20. The van der Waals surface area contributed by atoms with Crippen LogP contribution in [0.25, 0.3) is 0 Å². The minimum Gasteiger partial charge on any atom is -0.508 e. The molecule has 1 atom stereocenters. The van der Waals surface area contributed by atoms with Gasteiger partial charge in [0.1, 0.15) is 5.75 Å². The number of carbonyl (C=O) groups is 1. The molecule has 2 N–H and O–H groups in total.